The molecule has 2 rings (SSSR count). The van der Waals surface area contributed by atoms with E-state index in [1.165, 1.54) is 11.8 Å². The molecule has 0 bridgehead atoms. The van der Waals surface area contributed by atoms with E-state index in [0.717, 1.165) is 10.5 Å². The second kappa shape index (κ2) is 4.97. The maximum absolute atomic E-state index is 7.46. The summed E-state index contributed by atoms with van der Waals surface area (Å²) in [5.41, 5.74) is 7.07. The van der Waals surface area contributed by atoms with Gasteiger partial charge in [-0.1, -0.05) is 30.0 Å². The molecule has 0 aliphatic carbocycles. The number of nitrogens with one attached hydrogen (secondary N) is 1. The Labute approximate surface area is 104 Å². The fourth-order valence-electron chi connectivity index (χ4n) is 1.36. The van der Waals surface area contributed by atoms with Gasteiger partial charge >= 0.3 is 0 Å². The van der Waals surface area contributed by atoms with Gasteiger partial charge in [0.25, 0.3) is 0 Å². The first kappa shape index (κ1) is 11.6. The normalized spacial score (nSPS) is 10.2. The standard InChI is InChI=1S/C12H12N4S/c1-8-4-2-3-5-9(8)17-12-10(11(13)14)15-6-7-16-12/h2-7H,1H3,(H3,13,14). The van der Waals surface area contributed by atoms with Crippen LogP contribution < -0.4 is 5.73 Å². The van der Waals surface area contributed by atoms with Crippen molar-refractivity contribution in [2.75, 3.05) is 0 Å². The zero-order valence-corrected chi connectivity index (χ0v) is 10.2. The lowest BCUT2D eigenvalue weighted by Gasteiger charge is -2.07. The zero-order valence-electron chi connectivity index (χ0n) is 9.34. The summed E-state index contributed by atoms with van der Waals surface area (Å²) in [7, 11) is 0. The van der Waals surface area contributed by atoms with Crippen LogP contribution in [-0.4, -0.2) is 15.8 Å². The summed E-state index contributed by atoms with van der Waals surface area (Å²) in [6, 6.07) is 8.01. The molecule has 0 saturated carbocycles. The van der Waals surface area contributed by atoms with Crippen molar-refractivity contribution < 1.29 is 0 Å². The van der Waals surface area contributed by atoms with Crippen LogP contribution in [0.15, 0.2) is 46.6 Å². The number of nitrogens with two attached hydrogens (primary N) is 1. The Hall–Kier alpha value is -1.88. The minimum atomic E-state index is -0.0609. The quantitative estimate of drug-likeness (QED) is 0.641. The third-order valence-corrected chi connectivity index (χ3v) is 3.39. The average molecular weight is 244 g/mol. The minimum absolute atomic E-state index is 0.0609. The van der Waals surface area contributed by atoms with E-state index in [-0.39, 0.29) is 5.84 Å². The average Bonchev–Trinajstić information content (AvgIpc) is 2.32. The molecular formula is C12H12N4S. The highest BCUT2D eigenvalue weighted by atomic mass is 32.2. The van der Waals surface area contributed by atoms with E-state index in [1.807, 2.05) is 31.2 Å². The molecule has 0 fully saturated rings. The van der Waals surface area contributed by atoms with Crippen LogP contribution in [0, 0.1) is 12.3 Å². The largest absolute Gasteiger partial charge is 0.382 e. The van der Waals surface area contributed by atoms with E-state index in [9.17, 15) is 0 Å². The number of hydrogen-bond donors (Lipinski definition) is 2. The third-order valence-electron chi connectivity index (χ3n) is 2.22. The van der Waals surface area contributed by atoms with Crippen LogP contribution in [0.5, 0.6) is 0 Å². The van der Waals surface area contributed by atoms with Gasteiger partial charge in [-0.3, -0.25) is 5.41 Å². The predicted octanol–water partition coefficient (Wildman–Crippen LogP) is 2.22. The van der Waals surface area contributed by atoms with Crippen LogP contribution in [0.2, 0.25) is 0 Å². The van der Waals surface area contributed by atoms with Crippen LogP contribution in [-0.2, 0) is 0 Å². The molecule has 0 aliphatic rings. The topological polar surface area (TPSA) is 75.7 Å². The molecule has 1 aromatic heterocycles. The highest BCUT2D eigenvalue weighted by molar-refractivity contribution is 7.99. The SMILES string of the molecule is Cc1ccccc1Sc1nccnc1C(=N)N. The lowest BCUT2D eigenvalue weighted by Crippen LogP contribution is -2.15. The molecule has 0 spiro atoms. The molecule has 4 nitrogen and oxygen atoms in total. The first-order valence-corrected chi connectivity index (χ1v) is 5.89. The Balaban J connectivity index is 2.37. The van der Waals surface area contributed by atoms with Crippen LogP contribution >= 0.6 is 11.8 Å². The van der Waals surface area contributed by atoms with Crippen molar-refractivity contribution in [3.8, 4) is 0 Å². The van der Waals surface area contributed by atoms with Crippen molar-refractivity contribution in [3.05, 3.63) is 47.9 Å². The van der Waals surface area contributed by atoms with Crippen molar-refractivity contribution >= 4 is 17.6 Å². The Kier molecular flexibility index (Phi) is 3.39. The van der Waals surface area contributed by atoms with Gasteiger partial charge in [0, 0.05) is 17.3 Å². The van der Waals surface area contributed by atoms with Crippen LogP contribution in [0.4, 0.5) is 0 Å². The van der Waals surface area contributed by atoms with Crippen LogP contribution in [0.25, 0.3) is 0 Å². The van der Waals surface area contributed by atoms with Crippen LogP contribution in [0.3, 0.4) is 0 Å². The van der Waals surface area contributed by atoms with Gasteiger partial charge in [-0.05, 0) is 18.6 Å². The lowest BCUT2D eigenvalue weighted by atomic mass is 10.2. The molecule has 0 atom stereocenters. The zero-order chi connectivity index (χ0) is 12.3. The summed E-state index contributed by atoms with van der Waals surface area (Å²) in [6.07, 6.45) is 3.14. The number of benzene rings is 1. The fraction of sp³-hybridized carbons (Fsp3) is 0.0833. The number of nitrogens with zero attached hydrogens (tertiary/aromatic N) is 2. The van der Waals surface area contributed by atoms with Gasteiger partial charge in [0.15, 0.2) is 0 Å². The van der Waals surface area contributed by atoms with E-state index >= 15 is 0 Å². The molecule has 5 heteroatoms. The summed E-state index contributed by atoms with van der Waals surface area (Å²) in [4.78, 5) is 9.38. The van der Waals surface area contributed by atoms with E-state index in [4.69, 9.17) is 11.1 Å². The highest BCUT2D eigenvalue weighted by Gasteiger charge is 2.10. The molecule has 86 valence electrons. The van der Waals surface area contributed by atoms with Gasteiger partial charge in [0.1, 0.15) is 16.6 Å². The van der Waals surface area contributed by atoms with E-state index in [0.29, 0.717) is 10.7 Å². The van der Waals surface area contributed by atoms with E-state index in [1.54, 1.807) is 12.4 Å². The third kappa shape index (κ3) is 2.62. The minimum Gasteiger partial charge on any atom is -0.382 e. The predicted molar refractivity (Wildman–Crippen MR) is 68.4 cm³/mol. The number of nitrogen functional groups attached to an aromatic ring is 1. The molecule has 2 aromatic rings. The lowest BCUT2D eigenvalue weighted by molar-refractivity contribution is 1.03. The van der Waals surface area contributed by atoms with Crippen molar-refractivity contribution in [2.24, 2.45) is 5.73 Å². The maximum atomic E-state index is 7.46. The first-order chi connectivity index (χ1) is 8.18. The van der Waals surface area contributed by atoms with E-state index < -0.39 is 0 Å². The van der Waals surface area contributed by atoms with E-state index in [2.05, 4.69) is 9.97 Å². The Bertz CT molecular complexity index is 554. The van der Waals surface area contributed by atoms with Crippen molar-refractivity contribution in [2.45, 2.75) is 16.8 Å². The Morgan fingerprint density at radius 2 is 1.94 bits per heavy atom. The van der Waals surface area contributed by atoms with Crippen LogP contribution in [0.1, 0.15) is 11.3 Å². The molecule has 0 amide bonds. The summed E-state index contributed by atoms with van der Waals surface area (Å²) in [6.45, 7) is 2.03. The highest BCUT2D eigenvalue weighted by Crippen LogP contribution is 2.29. The van der Waals surface area contributed by atoms with Crippen molar-refractivity contribution in [1.82, 2.24) is 9.97 Å². The summed E-state index contributed by atoms with van der Waals surface area (Å²) in [5.74, 6) is -0.0609. The molecule has 3 N–H and O–H groups in total. The van der Waals surface area contributed by atoms with Gasteiger partial charge in [-0.25, -0.2) is 9.97 Å². The fourth-order valence-corrected chi connectivity index (χ4v) is 2.32. The number of amidine groups is 1. The van der Waals surface area contributed by atoms with Gasteiger partial charge in [-0.2, -0.15) is 0 Å². The van der Waals surface area contributed by atoms with Gasteiger partial charge in [0.05, 0.1) is 0 Å². The second-order valence-corrected chi connectivity index (χ2v) is 4.52. The molecule has 0 aliphatic heterocycles. The summed E-state index contributed by atoms with van der Waals surface area (Å²) in [5, 5.41) is 8.12. The summed E-state index contributed by atoms with van der Waals surface area (Å²) < 4.78 is 0. The van der Waals surface area contributed by atoms with Gasteiger partial charge in [0.2, 0.25) is 0 Å². The molecule has 17 heavy (non-hydrogen) atoms. The van der Waals surface area contributed by atoms with Crippen molar-refractivity contribution in [3.63, 3.8) is 0 Å². The smallest absolute Gasteiger partial charge is 0.144 e. The van der Waals surface area contributed by atoms with Gasteiger partial charge < -0.3 is 5.73 Å². The number of aryl methyl sites for hydroxylation is 1. The van der Waals surface area contributed by atoms with Gasteiger partial charge in [-0.15, -0.1) is 0 Å². The number of aromatic nitrogens is 2. The molecular weight excluding hydrogens is 232 g/mol. The number of hydrogen-bond acceptors (Lipinski definition) is 4. The molecule has 1 heterocycles. The monoisotopic (exact) mass is 244 g/mol. The van der Waals surface area contributed by atoms with Crippen molar-refractivity contribution in [1.29, 1.82) is 5.41 Å². The Morgan fingerprint density at radius 3 is 2.65 bits per heavy atom. The molecule has 0 unspecified atom stereocenters. The molecule has 1 aromatic carbocycles. The molecule has 0 radical (unpaired) electrons. The summed E-state index contributed by atoms with van der Waals surface area (Å²) >= 11 is 1.47. The first-order valence-electron chi connectivity index (χ1n) is 5.07. The molecule has 0 saturated heterocycles. The Morgan fingerprint density at radius 1 is 1.24 bits per heavy atom. The maximum Gasteiger partial charge on any atom is 0.144 e. The second-order valence-electron chi connectivity index (χ2n) is 3.49. The number of rotatable bonds is 3.